The monoisotopic (exact) mass is 696 g/mol. The van der Waals surface area contributed by atoms with Gasteiger partial charge in [0.1, 0.15) is 6.10 Å². The van der Waals surface area contributed by atoms with Gasteiger partial charge in [0.25, 0.3) is 0 Å². The summed E-state index contributed by atoms with van der Waals surface area (Å²) < 4.78 is 0. The lowest BCUT2D eigenvalue weighted by atomic mass is 9.99. The Morgan fingerprint density at radius 3 is 0.980 bits per heavy atom. The molecule has 1 amide bonds. The Morgan fingerprint density at radius 2 is 0.694 bits per heavy atom. The topological polar surface area (TPSA) is 89.8 Å². The normalized spacial score (nSPS) is 13.5. The Labute approximate surface area is 307 Å². The largest absolute Gasteiger partial charge is 0.394 e. The van der Waals surface area contributed by atoms with E-state index in [0.29, 0.717) is 12.8 Å². The average molecular weight is 696 g/mol. The van der Waals surface area contributed by atoms with Crippen molar-refractivity contribution in [2.75, 3.05) is 6.61 Å². The van der Waals surface area contributed by atoms with E-state index in [1.807, 2.05) is 0 Å². The number of carbonyl (C=O) groups is 1. The van der Waals surface area contributed by atoms with Crippen molar-refractivity contribution in [3.8, 4) is 0 Å². The van der Waals surface area contributed by atoms with E-state index < -0.39 is 18.2 Å². The van der Waals surface area contributed by atoms with Crippen LogP contribution in [0.2, 0.25) is 0 Å². The molecule has 0 unspecified atom stereocenters. The molecule has 0 heterocycles. The summed E-state index contributed by atoms with van der Waals surface area (Å²) in [5.41, 5.74) is 0. The first kappa shape index (κ1) is 48.3. The number of hydrogen-bond donors (Lipinski definition) is 4. The van der Waals surface area contributed by atoms with Crippen LogP contribution < -0.4 is 5.32 Å². The molecule has 0 fully saturated rings. The molecule has 49 heavy (non-hydrogen) atoms. The maximum Gasteiger partial charge on any atom is 0.220 e. The fourth-order valence-corrected chi connectivity index (χ4v) is 7.22. The van der Waals surface area contributed by atoms with Crippen LogP contribution in [-0.4, -0.2) is 46.1 Å². The summed E-state index contributed by atoms with van der Waals surface area (Å²) in [5.74, 6) is -0.140. The number of carbonyl (C=O) groups excluding carboxylic acids is 1. The molecule has 3 atom stereocenters. The van der Waals surface area contributed by atoms with Crippen molar-refractivity contribution in [2.24, 2.45) is 0 Å². The number of aliphatic hydroxyl groups excluding tert-OH is 3. The van der Waals surface area contributed by atoms with E-state index in [4.69, 9.17) is 0 Å². The highest BCUT2D eigenvalue weighted by molar-refractivity contribution is 5.76. The zero-order chi connectivity index (χ0) is 35.9. The summed E-state index contributed by atoms with van der Waals surface area (Å²) in [7, 11) is 0. The number of rotatable bonds is 41. The molecule has 0 bridgehead atoms. The summed E-state index contributed by atoms with van der Waals surface area (Å²) in [6, 6.07) is -0.801. The molecule has 4 N–H and O–H groups in total. The molecular weight excluding hydrogens is 606 g/mol. The maximum atomic E-state index is 12.4. The van der Waals surface area contributed by atoms with Gasteiger partial charge in [-0.3, -0.25) is 4.79 Å². The minimum absolute atomic E-state index is 0.140. The molecule has 294 valence electrons. The molecule has 0 radical (unpaired) electrons. The van der Waals surface area contributed by atoms with Gasteiger partial charge in [-0.25, -0.2) is 0 Å². The Hall–Kier alpha value is -0.650. The van der Waals surface area contributed by atoms with Crippen molar-refractivity contribution in [1.82, 2.24) is 5.32 Å². The number of hydrogen-bond acceptors (Lipinski definition) is 4. The van der Waals surface area contributed by atoms with Gasteiger partial charge < -0.3 is 20.6 Å². The molecule has 0 aromatic rings. The van der Waals surface area contributed by atoms with Crippen LogP contribution in [0.15, 0.2) is 0 Å². The third-order valence-corrected chi connectivity index (χ3v) is 10.7. The number of nitrogens with one attached hydrogen (secondary N) is 1. The van der Waals surface area contributed by atoms with Gasteiger partial charge in [0, 0.05) is 6.42 Å². The van der Waals surface area contributed by atoms with Crippen LogP contribution in [0, 0.1) is 0 Å². The van der Waals surface area contributed by atoms with E-state index >= 15 is 0 Å². The first-order valence-corrected chi connectivity index (χ1v) is 22.3. The van der Waals surface area contributed by atoms with E-state index in [1.54, 1.807) is 0 Å². The predicted octanol–water partition coefficient (Wildman–Crippen LogP) is 12.7. The van der Waals surface area contributed by atoms with Crippen molar-refractivity contribution in [3.63, 3.8) is 0 Å². The van der Waals surface area contributed by atoms with Crippen molar-refractivity contribution in [2.45, 2.75) is 270 Å². The first-order chi connectivity index (χ1) is 24.1. The second kappa shape index (κ2) is 40.1. The zero-order valence-corrected chi connectivity index (χ0v) is 33.4. The Balaban J connectivity index is 3.51. The summed E-state index contributed by atoms with van der Waals surface area (Å²) in [4.78, 5) is 12.4. The highest BCUT2D eigenvalue weighted by Gasteiger charge is 2.26. The Kier molecular flexibility index (Phi) is 39.6. The van der Waals surface area contributed by atoms with E-state index in [9.17, 15) is 20.1 Å². The minimum Gasteiger partial charge on any atom is -0.394 e. The van der Waals surface area contributed by atoms with Crippen LogP contribution >= 0.6 is 0 Å². The quantitative estimate of drug-likeness (QED) is 0.0479. The van der Waals surface area contributed by atoms with Crippen molar-refractivity contribution in [3.05, 3.63) is 0 Å². The molecule has 5 nitrogen and oxygen atoms in total. The van der Waals surface area contributed by atoms with Gasteiger partial charge >= 0.3 is 0 Å². The predicted molar refractivity (Wildman–Crippen MR) is 213 cm³/mol. The van der Waals surface area contributed by atoms with Crippen LogP contribution in [0.4, 0.5) is 0 Å². The molecule has 0 aromatic heterocycles. The molecule has 5 heteroatoms. The van der Waals surface area contributed by atoms with Gasteiger partial charge in [0.15, 0.2) is 0 Å². The molecule has 0 spiro atoms. The highest BCUT2D eigenvalue weighted by Crippen LogP contribution is 2.17. The van der Waals surface area contributed by atoms with Crippen molar-refractivity contribution in [1.29, 1.82) is 0 Å². The minimum atomic E-state index is -1.13. The molecule has 0 saturated carbocycles. The van der Waals surface area contributed by atoms with Gasteiger partial charge in [-0.15, -0.1) is 0 Å². The summed E-state index contributed by atoms with van der Waals surface area (Å²) in [6.07, 6.45) is 45.1. The summed E-state index contributed by atoms with van der Waals surface area (Å²) in [6.45, 7) is 4.18. The number of aliphatic hydroxyl groups is 3. The van der Waals surface area contributed by atoms with Gasteiger partial charge in [-0.2, -0.15) is 0 Å². The number of amides is 1. The standard InChI is InChI=1S/C44H89NO4/c1-3-5-7-9-11-13-15-16-17-18-19-20-21-22-23-24-25-26-27-29-31-33-35-37-39-43(48)45-41(40-46)44(49)42(47)38-36-34-32-30-28-14-12-10-8-6-4-2/h41-42,44,46-47,49H,3-40H2,1-2H3,(H,45,48)/t41-,42+,44-/m0/s1. The maximum absolute atomic E-state index is 12.4. The van der Waals surface area contributed by atoms with Gasteiger partial charge in [-0.05, 0) is 12.8 Å². The fourth-order valence-electron chi connectivity index (χ4n) is 7.22. The zero-order valence-electron chi connectivity index (χ0n) is 33.4. The molecule has 0 aliphatic rings. The number of unbranched alkanes of at least 4 members (excludes halogenated alkanes) is 33. The third kappa shape index (κ3) is 35.5. The molecule has 0 aliphatic heterocycles. The van der Waals surface area contributed by atoms with Crippen LogP contribution in [0.3, 0.4) is 0 Å². The lowest BCUT2D eigenvalue weighted by Gasteiger charge is -2.26. The van der Waals surface area contributed by atoms with Crippen LogP contribution in [0.25, 0.3) is 0 Å². The lowest BCUT2D eigenvalue weighted by Crippen LogP contribution is -2.50. The van der Waals surface area contributed by atoms with Gasteiger partial charge in [0.05, 0.1) is 18.8 Å². The van der Waals surface area contributed by atoms with Crippen LogP contribution in [0.1, 0.15) is 251 Å². The van der Waals surface area contributed by atoms with E-state index in [1.165, 1.54) is 186 Å². The second-order valence-electron chi connectivity index (χ2n) is 15.6. The SMILES string of the molecule is CCCCCCCCCCCCCCCCCCCCCCCCCCC(=O)N[C@@H](CO)[C@H](O)[C@H](O)CCCCCCCCCCCCC. The molecule has 0 aromatic carbocycles. The molecule has 0 saturated heterocycles. The molecule has 0 aliphatic carbocycles. The molecule has 0 rings (SSSR count). The fraction of sp³-hybridized carbons (Fsp3) is 0.977. The summed E-state index contributed by atoms with van der Waals surface area (Å²) >= 11 is 0. The highest BCUT2D eigenvalue weighted by atomic mass is 16.3. The Bertz CT molecular complexity index is 644. The van der Waals surface area contributed by atoms with Crippen LogP contribution in [0.5, 0.6) is 0 Å². The van der Waals surface area contributed by atoms with E-state index in [0.717, 1.165) is 38.5 Å². The Morgan fingerprint density at radius 1 is 0.429 bits per heavy atom. The average Bonchev–Trinajstić information content (AvgIpc) is 3.10. The van der Waals surface area contributed by atoms with E-state index in [2.05, 4.69) is 19.2 Å². The van der Waals surface area contributed by atoms with Crippen molar-refractivity contribution >= 4 is 5.91 Å². The lowest BCUT2D eigenvalue weighted by molar-refractivity contribution is -0.124. The second-order valence-corrected chi connectivity index (χ2v) is 15.6. The first-order valence-electron chi connectivity index (χ1n) is 22.3. The third-order valence-electron chi connectivity index (χ3n) is 10.7. The summed E-state index contributed by atoms with van der Waals surface area (Å²) in [5, 5.41) is 33.4. The van der Waals surface area contributed by atoms with Gasteiger partial charge in [-0.1, -0.05) is 232 Å². The smallest absolute Gasteiger partial charge is 0.220 e. The van der Waals surface area contributed by atoms with Crippen molar-refractivity contribution < 1.29 is 20.1 Å². The van der Waals surface area contributed by atoms with E-state index in [-0.39, 0.29) is 12.5 Å². The van der Waals surface area contributed by atoms with Crippen LogP contribution in [-0.2, 0) is 4.79 Å². The van der Waals surface area contributed by atoms with Gasteiger partial charge in [0.2, 0.25) is 5.91 Å². The molecular formula is C44H89NO4.